The van der Waals surface area contributed by atoms with E-state index in [4.69, 9.17) is 0 Å². The molecule has 0 amide bonds. The lowest BCUT2D eigenvalue weighted by molar-refractivity contribution is 0.0896. The summed E-state index contributed by atoms with van der Waals surface area (Å²) < 4.78 is 1.33. The van der Waals surface area contributed by atoms with Crippen LogP contribution in [0.4, 0.5) is 0 Å². The lowest BCUT2D eigenvalue weighted by atomic mass is 9.99. The zero-order valence-electron chi connectivity index (χ0n) is 12.2. The summed E-state index contributed by atoms with van der Waals surface area (Å²) >= 11 is 2.38. The number of piperidine rings is 2. The van der Waals surface area contributed by atoms with Crippen molar-refractivity contribution in [2.75, 3.05) is 26.2 Å². The van der Waals surface area contributed by atoms with Gasteiger partial charge in [0.05, 0.1) is 0 Å². The number of likely N-dealkylation sites (tertiary alicyclic amines) is 2. The van der Waals surface area contributed by atoms with Gasteiger partial charge in [0.1, 0.15) is 0 Å². The summed E-state index contributed by atoms with van der Waals surface area (Å²) in [6.45, 7) is 6.37. The molecule has 0 spiro atoms. The summed E-state index contributed by atoms with van der Waals surface area (Å²) in [5.41, 5.74) is 1.46. The maximum atomic E-state index is 2.76. The normalized spacial score (nSPS) is 23.1. The Hall–Kier alpha value is -0.130. The van der Waals surface area contributed by atoms with Crippen LogP contribution in [0.25, 0.3) is 0 Å². The Morgan fingerprint density at radius 2 is 1.55 bits per heavy atom. The second-order valence-electron chi connectivity index (χ2n) is 6.23. The Morgan fingerprint density at radius 3 is 2.20 bits per heavy atom. The molecule has 0 radical (unpaired) electrons. The van der Waals surface area contributed by atoms with Crippen LogP contribution in [0.15, 0.2) is 24.3 Å². The lowest BCUT2D eigenvalue weighted by Crippen LogP contribution is -2.46. The second kappa shape index (κ2) is 7.23. The summed E-state index contributed by atoms with van der Waals surface area (Å²) in [4.78, 5) is 5.38. The molecule has 0 saturated carbocycles. The molecule has 3 heteroatoms. The Morgan fingerprint density at radius 1 is 0.900 bits per heavy atom. The van der Waals surface area contributed by atoms with Crippen LogP contribution in [-0.4, -0.2) is 42.0 Å². The Labute approximate surface area is 136 Å². The molecule has 2 aliphatic rings. The maximum absolute atomic E-state index is 2.76. The summed E-state index contributed by atoms with van der Waals surface area (Å²) in [6.07, 6.45) is 7.02. The third-order valence-electron chi connectivity index (χ3n) is 4.78. The Bertz CT molecular complexity index is 404. The van der Waals surface area contributed by atoms with E-state index in [9.17, 15) is 0 Å². The van der Waals surface area contributed by atoms with Gasteiger partial charge in [-0.1, -0.05) is 18.6 Å². The monoisotopic (exact) mass is 384 g/mol. The first-order valence-electron chi connectivity index (χ1n) is 8.02. The van der Waals surface area contributed by atoms with Crippen molar-refractivity contribution < 1.29 is 0 Å². The van der Waals surface area contributed by atoms with Crippen molar-refractivity contribution in [1.82, 2.24) is 9.80 Å². The number of benzene rings is 1. The molecule has 2 nitrogen and oxygen atoms in total. The molecule has 0 N–H and O–H groups in total. The number of halogens is 1. The molecular formula is C17H25IN2. The Kier molecular flexibility index (Phi) is 5.35. The van der Waals surface area contributed by atoms with Crippen molar-refractivity contribution in [1.29, 1.82) is 0 Å². The molecule has 3 rings (SSSR count). The minimum absolute atomic E-state index is 0.864. The van der Waals surface area contributed by atoms with E-state index in [0.29, 0.717) is 0 Å². The minimum atomic E-state index is 0.864. The van der Waals surface area contributed by atoms with E-state index < -0.39 is 0 Å². The quantitative estimate of drug-likeness (QED) is 0.733. The summed E-state index contributed by atoms with van der Waals surface area (Å²) in [7, 11) is 0. The van der Waals surface area contributed by atoms with Crippen LogP contribution in [0.2, 0.25) is 0 Å². The highest BCUT2D eigenvalue weighted by Crippen LogP contribution is 2.22. The minimum Gasteiger partial charge on any atom is -0.300 e. The summed E-state index contributed by atoms with van der Waals surface area (Å²) in [5.74, 6) is 0. The van der Waals surface area contributed by atoms with E-state index in [2.05, 4.69) is 56.7 Å². The van der Waals surface area contributed by atoms with Crippen LogP contribution in [0, 0.1) is 3.57 Å². The standard InChI is InChI=1S/C17H25IN2/c18-16-6-4-15(5-7-16)14-19-12-8-17(9-13-19)20-10-2-1-3-11-20/h4-7,17H,1-3,8-14H2. The van der Waals surface area contributed by atoms with Crippen molar-refractivity contribution in [2.45, 2.75) is 44.7 Å². The number of rotatable bonds is 3. The highest BCUT2D eigenvalue weighted by Gasteiger charge is 2.25. The Balaban J connectivity index is 1.47. The number of hydrogen-bond acceptors (Lipinski definition) is 2. The van der Waals surface area contributed by atoms with Gasteiger partial charge >= 0.3 is 0 Å². The molecule has 2 heterocycles. The van der Waals surface area contributed by atoms with Gasteiger partial charge in [-0.15, -0.1) is 0 Å². The van der Waals surface area contributed by atoms with Gasteiger partial charge in [0, 0.05) is 16.2 Å². The van der Waals surface area contributed by atoms with Crippen molar-refractivity contribution in [2.24, 2.45) is 0 Å². The molecule has 0 unspecified atom stereocenters. The van der Waals surface area contributed by atoms with Crippen LogP contribution in [-0.2, 0) is 6.54 Å². The van der Waals surface area contributed by atoms with E-state index in [-0.39, 0.29) is 0 Å². The highest BCUT2D eigenvalue weighted by molar-refractivity contribution is 14.1. The molecule has 0 aliphatic carbocycles. The molecule has 2 fully saturated rings. The van der Waals surface area contributed by atoms with Gasteiger partial charge in [-0.25, -0.2) is 0 Å². The van der Waals surface area contributed by atoms with Crippen LogP contribution in [0.3, 0.4) is 0 Å². The predicted octanol–water partition coefficient (Wildman–Crippen LogP) is 3.74. The van der Waals surface area contributed by atoms with Crippen LogP contribution in [0.1, 0.15) is 37.7 Å². The first-order valence-corrected chi connectivity index (χ1v) is 9.10. The van der Waals surface area contributed by atoms with Gasteiger partial charge in [-0.3, -0.25) is 4.90 Å². The van der Waals surface area contributed by atoms with Gasteiger partial charge in [-0.2, -0.15) is 0 Å². The molecule has 20 heavy (non-hydrogen) atoms. The average molecular weight is 384 g/mol. The van der Waals surface area contributed by atoms with Crippen molar-refractivity contribution in [3.05, 3.63) is 33.4 Å². The first-order chi connectivity index (χ1) is 9.81. The zero-order chi connectivity index (χ0) is 13.8. The lowest BCUT2D eigenvalue weighted by Gasteiger charge is -2.40. The van der Waals surface area contributed by atoms with E-state index in [1.165, 1.54) is 67.4 Å². The highest BCUT2D eigenvalue weighted by atomic mass is 127. The molecule has 0 atom stereocenters. The molecule has 1 aromatic rings. The topological polar surface area (TPSA) is 6.48 Å². The van der Waals surface area contributed by atoms with E-state index >= 15 is 0 Å². The van der Waals surface area contributed by atoms with E-state index in [0.717, 1.165) is 12.6 Å². The van der Waals surface area contributed by atoms with Gasteiger partial charge in [-0.05, 0) is 92.1 Å². The van der Waals surface area contributed by atoms with Crippen LogP contribution in [0.5, 0.6) is 0 Å². The number of hydrogen-bond donors (Lipinski definition) is 0. The SMILES string of the molecule is Ic1ccc(CN2CCC(N3CCCCC3)CC2)cc1. The third kappa shape index (κ3) is 3.95. The molecule has 2 saturated heterocycles. The molecule has 0 bridgehead atoms. The maximum Gasteiger partial charge on any atom is 0.0233 e. The van der Waals surface area contributed by atoms with Crippen LogP contribution < -0.4 is 0 Å². The van der Waals surface area contributed by atoms with Crippen molar-refractivity contribution in [3.63, 3.8) is 0 Å². The largest absolute Gasteiger partial charge is 0.300 e. The van der Waals surface area contributed by atoms with Crippen molar-refractivity contribution >= 4 is 22.6 Å². The summed E-state index contributed by atoms with van der Waals surface area (Å²) in [5, 5.41) is 0. The van der Waals surface area contributed by atoms with Gasteiger partial charge in [0.25, 0.3) is 0 Å². The predicted molar refractivity (Wildman–Crippen MR) is 92.9 cm³/mol. The second-order valence-corrected chi connectivity index (χ2v) is 7.48. The van der Waals surface area contributed by atoms with E-state index in [1.807, 2.05) is 0 Å². The van der Waals surface area contributed by atoms with Gasteiger partial charge in [0.2, 0.25) is 0 Å². The smallest absolute Gasteiger partial charge is 0.0233 e. The number of nitrogens with zero attached hydrogens (tertiary/aromatic N) is 2. The van der Waals surface area contributed by atoms with Crippen LogP contribution >= 0.6 is 22.6 Å². The molecule has 2 aliphatic heterocycles. The fraction of sp³-hybridized carbons (Fsp3) is 0.647. The summed E-state index contributed by atoms with van der Waals surface area (Å²) in [6, 6.07) is 9.85. The van der Waals surface area contributed by atoms with Gasteiger partial charge in [0.15, 0.2) is 0 Å². The van der Waals surface area contributed by atoms with E-state index in [1.54, 1.807) is 0 Å². The average Bonchev–Trinajstić information content (AvgIpc) is 2.51. The zero-order valence-corrected chi connectivity index (χ0v) is 14.4. The van der Waals surface area contributed by atoms with Gasteiger partial charge < -0.3 is 4.90 Å². The fourth-order valence-corrected chi connectivity index (χ4v) is 3.93. The fourth-order valence-electron chi connectivity index (χ4n) is 3.57. The first kappa shape index (κ1) is 14.8. The molecular weight excluding hydrogens is 359 g/mol. The third-order valence-corrected chi connectivity index (χ3v) is 5.50. The molecule has 110 valence electrons. The molecule has 1 aromatic carbocycles. The van der Waals surface area contributed by atoms with Crippen molar-refractivity contribution in [3.8, 4) is 0 Å². The molecule has 0 aromatic heterocycles.